The van der Waals surface area contributed by atoms with Crippen molar-refractivity contribution in [2.24, 2.45) is 17.8 Å². The number of carboxylic acids is 1. The summed E-state index contributed by atoms with van der Waals surface area (Å²) < 4.78 is 0. The second-order valence-electron chi connectivity index (χ2n) is 5.68. The zero-order chi connectivity index (χ0) is 10.5. The van der Waals surface area contributed by atoms with E-state index < -0.39 is 11.5 Å². The van der Waals surface area contributed by atoms with Gasteiger partial charge in [0.1, 0.15) is 5.54 Å². The SMILES string of the molecule is O=C(O)C1(NCC2CC2)CC2CCC1C2. The van der Waals surface area contributed by atoms with Crippen LogP contribution in [0.5, 0.6) is 0 Å². The van der Waals surface area contributed by atoms with Gasteiger partial charge in [-0.05, 0) is 56.4 Å². The van der Waals surface area contributed by atoms with Crippen LogP contribution in [0.3, 0.4) is 0 Å². The van der Waals surface area contributed by atoms with E-state index in [0.717, 1.165) is 31.7 Å². The van der Waals surface area contributed by atoms with Gasteiger partial charge in [-0.15, -0.1) is 0 Å². The Balaban J connectivity index is 1.73. The summed E-state index contributed by atoms with van der Waals surface area (Å²) in [6.45, 7) is 0.926. The van der Waals surface area contributed by atoms with Crippen molar-refractivity contribution in [2.75, 3.05) is 6.54 Å². The number of nitrogens with one attached hydrogen (secondary N) is 1. The van der Waals surface area contributed by atoms with Crippen LogP contribution in [-0.2, 0) is 4.79 Å². The molecule has 3 nitrogen and oxygen atoms in total. The predicted molar refractivity (Wildman–Crippen MR) is 56.5 cm³/mol. The number of hydrogen-bond donors (Lipinski definition) is 2. The molecule has 0 aromatic heterocycles. The fourth-order valence-corrected chi connectivity index (χ4v) is 3.53. The fraction of sp³-hybridized carbons (Fsp3) is 0.917. The second kappa shape index (κ2) is 3.21. The number of carboxylic acid groups (broad SMARTS) is 1. The maximum Gasteiger partial charge on any atom is 0.324 e. The van der Waals surface area contributed by atoms with E-state index in [4.69, 9.17) is 0 Å². The Morgan fingerprint density at radius 3 is 2.60 bits per heavy atom. The Morgan fingerprint density at radius 2 is 2.13 bits per heavy atom. The number of carbonyl (C=O) groups is 1. The molecule has 3 atom stereocenters. The summed E-state index contributed by atoms with van der Waals surface area (Å²) in [7, 11) is 0. The molecule has 0 heterocycles. The summed E-state index contributed by atoms with van der Waals surface area (Å²) in [6.07, 6.45) is 6.97. The first-order valence-electron chi connectivity index (χ1n) is 6.19. The molecule has 3 unspecified atom stereocenters. The van der Waals surface area contributed by atoms with Gasteiger partial charge in [0, 0.05) is 0 Å². The van der Waals surface area contributed by atoms with Crippen molar-refractivity contribution in [3.63, 3.8) is 0 Å². The summed E-state index contributed by atoms with van der Waals surface area (Å²) in [5, 5.41) is 12.8. The molecule has 0 saturated heterocycles. The van der Waals surface area contributed by atoms with Crippen molar-refractivity contribution >= 4 is 5.97 Å². The van der Waals surface area contributed by atoms with Crippen LogP contribution in [-0.4, -0.2) is 23.2 Å². The number of fused-ring (bicyclic) bond motifs is 2. The van der Waals surface area contributed by atoms with Gasteiger partial charge in [-0.1, -0.05) is 6.42 Å². The first-order chi connectivity index (χ1) is 7.21. The molecule has 3 aliphatic carbocycles. The van der Waals surface area contributed by atoms with Crippen LogP contribution in [0, 0.1) is 17.8 Å². The van der Waals surface area contributed by atoms with Crippen LogP contribution in [0.4, 0.5) is 0 Å². The van der Waals surface area contributed by atoms with E-state index in [2.05, 4.69) is 5.32 Å². The minimum atomic E-state index is -0.602. The third-order valence-corrected chi connectivity index (χ3v) is 4.63. The molecule has 3 fully saturated rings. The molecule has 3 saturated carbocycles. The monoisotopic (exact) mass is 209 g/mol. The van der Waals surface area contributed by atoms with Gasteiger partial charge in [0.2, 0.25) is 0 Å². The van der Waals surface area contributed by atoms with Crippen molar-refractivity contribution in [2.45, 2.75) is 44.1 Å². The van der Waals surface area contributed by atoms with E-state index in [1.54, 1.807) is 0 Å². The molecule has 2 N–H and O–H groups in total. The maximum absolute atomic E-state index is 11.5. The van der Waals surface area contributed by atoms with E-state index in [1.165, 1.54) is 19.3 Å². The van der Waals surface area contributed by atoms with E-state index in [0.29, 0.717) is 11.8 Å². The smallest absolute Gasteiger partial charge is 0.324 e. The fourth-order valence-electron chi connectivity index (χ4n) is 3.53. The van der Waals surface area contributed by atoms with Gasteiger partial charge < -0.3 is 10.4 Å². The van der Waals surface area contributed by atoms with Crippen LogP contribution in [0.25, 0.3) is 0 Å². The molecule has 0 amide bonds. The highest BCUT2D eigenvalue weighted by Gasteiger charge is 2.55. The second-order valence-corrected chi connectivity index (χ2v) is 5.68. The third-order valence-electron chi connectivity index (χ3n) is 4.63. The third kappa shape index (κ3) is 1.48. The average Bonchev–Trinajstić information content (AvgIpc) is 2.83. The molecule has 0 radical (unpaired) electrons. The molecule has 0 spiro atoms. The predicted octanol–water partition coefficient (Wildman–Crippen LogP) is 1.63. The summed E-state index contributed by atoms with van der Waals surface area (Å²) >= 11 is 0. The van der Waals surface area contributed by atoms with Crippen LogP contribution in [0.1, 0.15) is 38.5 Å². The van der Waals surface area contributed by atoms with E-state index in [9.17, 15) is 9.90 Å². The first kappa shape index (κ1) is 9.64. The molecule has 15 heavy (non-hydrogen) atoms. The highest BCUT2D eigenvalue weighted by atomic mass is 16.4. The lowest BCUT2D eigenvalue weighted by molar-refractivity contribution is -0.147. The number of hydrogen-bond acceptors (Lipinski definition) is 2. The molecule has 2 bridgehead atoms. The summed E-state index contributed by atoms with van der Waals surface area (Å²) in [4.78, 5) is 11.5. The standard InChI is InChI=1S/C12H19NO2/c14-11(15)12(13-7-8-1-2-8)6-9-3-4-10(12)5-9/h8-10,13H,1-7H2,(H,14,15). The first-order valence-corrected chi connectivity index (χ1v) is 6.19. The molecule has 3 heteroatoms. The van der Waals surface area contributed by atoms with E-state index in [1.807, 2.05) is 0 Å². The maximum atomic E-state index is 11.5. The largest absolute Gasteiger partial charge is 0.480 e. The minimum absolute atomic E-state index is 0.402. The summed E-state index contributed by atoms with van der Waals surface area (Å²) in [6, 6.07) is 0. The Labute approximate surface area is 90.2 Å². The molecule has 0 aromatic carbocycles. The van der Waals surface area contributed by atoms with Gasteiger partial charge in [-0.3, -0.25) is 4.79 Å². The van der Waals surface area contributed by atoms with Crippen LogP contribution < -0.4 is 5.32 Å². The molecule has 3 rings (SSSR count). The van der Waals surface area contributed by atoms with Gasteiger partial charge in [0.15, 0.2) is 0 Å². The average molecular weight is 209 g/mol. The lowest BCUT2D eigenvalue weighted by atomic mass is 9.81. The molecule has 0 aromatic rings. The Kier molecular flexibility index (Phi) is 2.06. The molecule has 84 valence electrons. The van der Waals surface area contributed by atoms with Crippen LogP contribution in [0.2, 0.25) is 0 Å². The van der Waals surface area contributed by atoms with Crippen molar-refractivity contribution in [1.29, 1.82) is 0 Å². The zero-order valence-electron chi connectivity index (χ0n) is 9.04. The quantitative estimate of drug-likeness (QED) is 0.740. The molecule has 3 aliphatic rings. The molecular weight excluding hydrogens is 190 g/mol. The van der Waals surface area contributed by atoms with E-state index >= 15 is 0 Å². The van der Waals surface area contributed by atoms with Gasteiger partial charge in [-0.25, -0.2) is 0 Å². The van der Waals surface area contributed by atoms with E-state index in [-0.39, 0.29) is 0 Å². The normalized spacial score (nSPS) is 43.5. The Morgan fingerprint density at radius 1 is 1.33 bits per heavy atom. The van der Waals surface area contributed by atoms with Crippen molar-refractivity contribution < 1.29 is 9.90 Å². The van der Waals surface area contributed by atoms with Crippen molar-refractivity contribution in [1.82, 2.24) is 5.32 Å². The van der Waals surface area contributed by atoms with Gasteiger partial charge >= 0.3 is 5.97 Å². The Hall–Kier alpha value is -0.570. The number of rotatable bonds is 4. The van der Waals surface area contributed by atoms with Gasteiger partial charge in [0.05, 0.1) is 0 Å². The summed E-state index contributed by atoms with van der Waals surface area (Å²) in [5.74, 6) is 1.24. The summed E-state index contributed by atoms with van der Waals surface area (Å²) in [5.41, 5.74) is -0.550. The lowest BCUT2D eigenvalue weighted by Gasteiger charge is -2.34. The number of aliphatic carboxylic acids is 1. The minimum Gasteiger partial charge on any atom is -0.480 e. The molecular formula is C12H19NO2. The van der Waals surface area contributed by atoms with Crippen LogP contribution in [0.15, 0.2) is 0 Å². The highest BCUT2D eigenvalue weighted by molar-refractivity contribution is 5.80. The van der Waals surface area contributed by atoms with Crippen molar-refractivity contribution in [3.8, 4) is 0 Å². The lowest BCUT2D eigenvalue weighted by Crippen LogP contribution is -2.56. The topological polar surface area (TPSA) is 49.3 Å². The zero-order valence-corrected chi connectivity index (χ0v) is 9.04. The van der Waals surface area contributed by atoms with Crippen LogP contribution >= 0.6 is 0 Å². The molecule has 0 aliphatic heterocycles. The van der Waals surface area contributed by atoms with Gasteiger partial charge in [-0.2, -0.15) is 0 Å². The Bertz CT molecular complexity index is 287. The highest BCUT2D eigenvalue weighted by Crippen LogP contribution is 2.51. The van der Waals surface area contributed by atoms with Gasteiger partial charge in [0.25, 0.3) is 0 Å². The van der Waals surface area contributed by atoms with Crippen molar-refractivity contribution in [3.05, 3.63) is 0 Å².